The molecule has 0 bridgehead atoms. The van der Waals surface area contributed by atoms with Crippen molar-refractivity contribution in [2.45, 2.75) is 47.6 Å². The second-order valence-corrected chi connectivity index (χ2v) is 2.44. The van der Waals surface area contributed by atoms with Gasteiger partial charge in [-0.25, -0.2) is 0 Å². The highest BCUT2D eigenvalue weighted by molar-refractivity contribution is 4.62. The minimum Gasteiger partial charge on any atom is -0.353 e. The Morgan fingerprint density at radius 1 is 1.08 bits per heavy atom. The largest absolute Gasteiger partial charge is 0.353 e. The van der Waals surface area contributed by atoms with Gasteiger partial charge in [0.1, 0.15) is 6.79 Å². The van der Waals surface area contributed by atoms with Gasteiger partial charge in [-0.2, -0.15) is 0 Å². The standard InChI is InChI=1S/C6H12O2.2C2H6/c1-5(2)6-3-7-4-8-6;2*1-2/h5-6H,3-4H2,1-2H3;2*1-2H3. The van der Waals surface area contributed by atoms with Gasteiger partial charge in [0.15, 0.2) is 0 Å². The maximum Gasteiger partial charge on any atom is 0.147 e. The third-order valence-corrected chi connectivity index (χ3v) is 1.39. The molecule has 1 heterocycles. The molecule has 0 radical (unpaired) electrons. The third kappa shape index (κ3) is 6.62. The SMILES string of the molecule is CC.CC.CC(C)C1COCO1. The summed E-state index contributed by atoms with van der Waals surface area (Å²) in [5.74, 6) is 0.595. The lowest BCUT2D eigenvalue weighted by Gasteiger charge is -2.09. The minimum atomic E-state index is 0.343. The molecular weight excluding hydrogens is 152 g/mol. The fourth-order valence-corrected chi connectivity index (χ4v) is 0.733. The topological polar surface area (TPSA) is 18.5 Å². The molecule has 0 amide bonds. The van der Waals surface area contributed by atoms with Crippen molar-refractivity contribution in [2.75, 3.05) is 13.4 Å². The Labute approximate surface area is 77.3 Å². The van der Waals surface area contributed by atoms with E-state index in [1.165, 1.54) is 0 Å². The first-order valence-corrected chi connectivity index (χ1v) is 5.00. The van der Waals surface area contributed by atoms with Crippen LogP contribution in [0.1, 0.15) is 41.5 Å². The van der Waals surface area contributed by atoms with Crippen molar-refractivity contribution < 1.29 is 9.47 Å². The van der Waals surface area contributed by atoms with Gasteiger partial charge in [-0.3, -0.25) is 0 Å². The van der Waals surface area contributed by atoms with Crippen LogP contribution in [0.5, 0.6) is 0 Å². The number of hydrogen-bond acceptors (Lipinski definition) is 2. The Kier molecular flexibility index (Phi) is 13.1. The van der Waals surface area contributed by atoms with Crippen molar-refractivity contribution in [2.24, 2.45) is 5.92 Å². The predicted molar refractivity (Wildman–Crippen MR) is 53.2 cm³/mol. The molecule has 0 aromatic heterocycles. The van der Waals surface area contributed by atoms with E-state index < -0.39 is 0 Å². The maximum absolute atomic E-state index is 5.19. The second-order valence-electron chi connectivity index (χ2n) is 2.44. The van der Waals surface area contributed by atoms with Crippen LogP contribution in [0.3, 0.4) is 0 Å². The average Bonchev–Trinajstić information content (AvgIpc) is 2.64. The molecule has 2 heteroatoms. The van der Waals surface area contributed by atoms with Crippen molar-refractivity contribution in [3.63, 3.8) is 0 Å². The van der Waals surface area contributed by atoms with Crippen molar-refractivity contribution in [1.29, 1.82) is 0 Å². The summed E-state index contributed by atoms with van der Waals surface area (Å²) in [5.41, 5.74) is 0. The van der Waals surface area contributed by atoms with Gasteiger partial charge in [0.2, 0.25) is 0 Å². The van der Waals surface area contributed by atoms with Crippen LogP contribution in [0.4, 0.5) is 0 Å². The molecule has 0 spiro atoms. The van der Waals surface area contributed by atoms with Crippen LogP contribution >= 0.6 is 0 Å². The maximum atomic E-state index is 5.19. The van der Waals surface area contributed by atoms with E-state index in [4.69, 9.17) is 9.47 Å². The lowest BCUT2D eigenvalue weighted by Crippen LogP contribution is -2.16. The molecule has 1 fully saturated rings. The highest BCUT2D eigenvalue weighted by atomic mass is 16.7. The normalized spacial score (nSPS) is 20.8. The number of ether oxygens (including phenoxy) is 2. The summed E-state index contributed by atoms with van der Waals surface area (Å²) >= 11 is 0. The monoisotopic (exact) mass is 176 g/mol. The van der Waals surface area contributed by atoms with Crippen molar-refractivity contribution in [3.05, 3.63) is 0 Å². The summed E-state index contributed by atoms with van der Waals surface area (Å²) in [7, 11) is 0. The molecule has 76 valence electrons. The predicted octanol–water partition coefficient (Wildman–Crippen LogP) is 3.07. The third-order valence-electron chi connectivity index (χ3n) is 1.39. The van der Waals surface area contributed by atoms with Crippen LogP contribution in [0.2, 0.25) is 0 Å². The Morgan fingerprint density at radius 2 is 1.58 bits per heavy atom. The summed E-state index contributed by atoms with van der Waals surface area (Å²) in [6.07, 6.45) is 0.343. The highest BCUT2D eigenvalue weighted by Gasteiger charge is 2.18. The Bertz CT molecular complexity index is 66.2. The van der Waals surface area contributed by atoms with E-state index in [-0.39, 0.29) is 0 Å². The quantitative estimate of drug-likeness (QED) is 0.611. The lowest BCUT2D eigenvalue weighted by atomic mass is 10.1. The van der Waals surface area contributed by atoms with Gasteiger partial charge in [0, 0.05) is 0 Å². The minimum absolute atomic E-state index is 0.343. The van der Waals surface area contributed by atoms with E-state index in [0.29, 0.717) is 18.8 Å². The molecule has 1 aliphatic heterocycles. The van der Waals surface area contributed by atoms with Crippen molar-refractivity contribution in [3.8, 4) is 0 Å². The number of rotatable bonds is 1. The molecule has 0 aromatic carbocycles. The van der Waals surface area contributed by atoms with E-state index >= 15 is 0 Å². The van der Waals surface area contributed by atoms with Crippen LogP contribution in [-0.2, 0) is 9.47 Å². The molecule has 12 heavy (non-hydrogen) atoms. The molecule has 1 atom stereocenters. The van der Waals surface area contributed by atoms with Gasteiger partial charge >= 0.3 is 0 Å². The van der Waals surface area contributed by atoms with E-state index in [0.717, 1.165) is 6.61 Å². The Morgan fingerprint density at radius 3 is 1.75 bits per heavy atom. The first-order chi connectivity index (χ1) is 5.80. The van der Waals surface area contributed by atoms with Crippen molar-refractivity contribution in [1.82, 2.24) is 0 Å². The number of hydrogen-bond donors (Lipinski definition) is 0. The van der Waals surface area contributed by atoms with Crippen molar-refractivity contribution >= 4 is 0 Å². The second kappa shape index (κ2) is 10.9. The molecule has 2 nitrogen and oxygen atoms in total. The molecule has 0 aromatic rings. The van der Waals surface area contributed by atoms with E-state index in [1.807, 2.05) is 27.7 Å². The van der Waals surface area contributed by atoms with Gasteiger partial charge < -0.3 is 9.47 Å². The van der Waals surface area contributed by atoms with Crippen LogP contribution in [0, 0.1) is 5.92 Å². The highest BCUT2D eigenvalue weighted by Crippen LogP contribution is 2.11. The molecule has 0 saturated carbocycles. The summed E-state index contributed by atoms with van der Waals surface area (Å²) in [6.45, 7) is 13.5. The molecule has 1 unspecified atom stereocenters. The molecule has 0 aliphatic carbocycles. The fraction of sp³-hybridized carbons (Fsp3) is 1.00. The molecular formula is C10H24O2. The van der Waals surface area contributed by atoms with Crippen LogP contribution in [0.15, 0.2) is 0 Å². The van der Waals surface area contributed by atoms with Crippen LogP contribution < -0.4 is 0 Å². The van der Waals surface area contributed by atoms with E-state index in [9.17, 15) is 0 Å². The summed E-state index contributed by atoms with van der Waals surface area (Å²) < 4.78 is 10.2. The molecule has 1 aliphatic rings. The van der Waals surface area contributed by atoms with Gasteiger partial charge in [-0.1, -0.05) is 41.5 Å². The first kappa shape index (κ1) is 14.4. The molecule has 1 saturated heterocycles. The Hall–Kier alpha value is -0.0800. The zero-order chi connectivity index (χ0) is 9.98. The summed E-state index contributed by atoms with van der Waals surface area (Å²) in [5, 5.41) is 0. The average molecular weight is 176 g/mol. The molecule has 0 N–H and O–H groups in total. The first-order valence-electron chi connectivity index (χ1n) is 5.00. The van der Waals surface area contributed by atoms with Gasteiger partial charge in [-0.15, -0.1) is 0 Å². The zero-order valence-corrected chi connectivity index (χ0v) is 9.39. The summed E-state index contributed by atoms with van der Waals surface area (Å²) in [6, 6.07) is 0. The van der Waals surface area contributed by atoms with Gasteiger partial charge in [-0.05, 0) is 5.92 Å². The smallest absolute Gasteiger partial charge is 0.147 e. The van der Waals surface area contributed by atoms with E-state index in [1.54, 1.807) is 0 Å². The van der Waals surface area contributed by atoms with Crippen LogP contribution in [0.25, 0.3) is 0 Å². The summed E-state index contributed by atoms with van der Waals surface area (Å²) in [4.78, 5) is 0. The van der Waals surface area contributed by atoms with Gasteiger partial charge in [0.25, 0.3) is 0 Å². The van der Waals surface area contributed by atoms with Crippen LogP contribution in [-0.4, -0.2) is 19.5 Å². The zero-order valence-electron chi connectivity index (χ0n) is 9.39. The Balaban J connectivity index is 0. The lowest BCUT2D eigenvalue weighted by molar-refractivity contribution is 0.0336. The van der Waals surface area contributed by atoms with Gasteiger partial charge in [0.05, 0.1) is 12.7 Å². The molecule has 1 rings (SSSR count). The fourth-order valence-electron chi connectivity index (χ4n) is 0.733. The van der Waals surface area contributed by atoms with E-state index in [2.05, 4.69) is 13.8 Å².